The van der Waals surface area contributed by atoms with Gasteiger partial charge in [0.05, 0.1) is 11.6 Å². The summed E-state index contributed by atoms with van der Waals surface area (Å²) in [7, 11) is 0. The van der Waals surface area contributed by atoms with Crippen LogP contribution in [-0.2, 0) is 0 Å². The molecular formula is C31H39N7O. The number of tetrazole rings is 1. The zero-order valence-corrected chi connectivity index (χ0v) is 23.6. The fourth-order valence-corrected chi connectivity index (χ4v) is 6.56. The normalized spacial score (nSPS) is 18.1. The van der Waals surface area contributed by atoms with E-state index in [4.69, 9.17) is 0 Å². The summed E-state index contributed by atoms with van der Waals surface area (Å²) in [5, 5.41) is 14.3. The second-order valence-corrected chi connectivity index (χ2v) is 11.5. The molecule has 8 heteroatoms. The Labute approximate surface area is 230 Å². The Morgan fingerprint density at radius 3 is 2.41 bits per heavy atom. The van der Waals surface area contributed by atoms with E-state index in [9.17, 15) is 4.79 Å². The lowest BCUT2D eigenvalue weighted by Gasteiger charge is -2.40. The van der Waals surface area contributed by atoms with Crippen molar-refractivity contribution in [2.45, 2.75) is 71.9 Å². The third-order valence-electron chi connectivity index (χ3n) is 9.05. The number of nitrogens with zero attached hydrogens (tertiary/aromatic N) is 6. The Morgan fingerprint density at radius 2 is 1.64 bits per heavy atom. The maximum absolute atomic E-state index is 13.8. The minimum absolute atomic E-state index is 0.0589. The molecule has 2 aliphatic rings. The number of nitrogens with one attached hydrogen (secondary N) is 1. The molecule has 1 atom stereocenters. The molecule has 3 heterocycles. The Morgan fingerprint density at radius 1 is 0.897 bits per heavy atom. The van der Waals surface area contributed by atoms with Gasteiger partial charge in [-0.15, -0.1) is 5.10 Å². The number of anilines is 1. The standard InChI is InChI=1S/C31H39N7O/c1-20-9-8-12-27(23(20)4)36-15-17-37(18-16-36)29(30-33-34-35-38(30)24-10-6-5-7-11-24)26-19-25-21(2)13-14-22(3)28(25)32-31(26)39/h8-9,12-14,19,24,29H,5-7,10-11,15-18H2,1-4H3,(H,32,39). The van der Waals surface area contributed by atoms with E-state index < -0.39 is 0 Å². The Bertz CT molecular complexity index is 1540. The summed E-state index contributed by atoms with van der Waals surface area (Å²) in [4.78, 5) is 21.9. The highest BCUT2D eigenvalue weighted by atomic mass is 16.1. The van der Waals surface area contributed by atoms with Crippen LogP contribution < -0.4 is 10.5 Å². The van der Waals surface area contributed by atoms with Gasteiger partial charge in [-0.2, -0.15) is 0 Å². The van der Waals surface area contributed by atoms with Gasteiger partial charge in [0.15, 0.2) is 5.82 Å². The predicted octanol–water partition coefficient (Wildman–Crippen LogP) is 5.17. The summed E-state index contributed by atoms with van der Waals surface area (Å²) in [6.45, 7) is 11.9. The Kier molecular flexibility index (Phi) is 6.97. The van der Waals surface area contributed by atoms with Crippen molar-refractivity contribution in [3.05, 3.63) is 80.4 Å². The van der Waals surface area contributed by atoms with Crippen molar-refractivity contribution in [2.24, 2.45) is 0 Å². The number of hydrogen-bond donors (Lipinski definition) is 1. The molecule has 0 amide bonds. The number of aromatic nitrogens is 5. The molecule has 2 aromatic carbocycles. The molecule has 1 saturated heterocycles. The van der Waals surface area contributed by atoms with Crippen LogP contribution in [-0.4, -0.2) is 56.3 Å². The highest BCUT2D eigenvalue weighted by molar-refractivity contribution is 5.85. The van der Waals surface area contributed by atoms with Gasteiger partial charge in [0.1, 0.15) is 6.04 Å². The van der Waals surface area contributed by atoms with Gasteiger partial charge in [0.2, 0.25) is 0 Å². The first kappa shape index (κ1) is 25.7. The number of fused-ring (bicyclic) bond motifs is 1. The molecule has 1 N–H and O–H groups in total. The minimum Gasteiger partial charge on any atom is -0.369 e. The third kappa shape index (κ3) is 4.75. The maximum atomic E-state index is 13.8. The number of aromatic amines is 1. The molecule has 1 unspecified atom stereocenters. The van der Waals surface area contributed by atoms with Crippen molar-refractivity contribution in [1.82, 2.24) is 30.1 Å². The minimum atomic E-state index is -0.309. The summed E-state index contributed by atoms with van der Waals surface area (Å²) < 4.78 is 2.04. The van der Waals surface area contributed by atoms with E-state index in [2.05, 4.69) is 87.5 Å². The summed E-state index contributed by atoms with van der Waals surface area (Å²) in [6.07, 6.45) is 5.81. The third-order valence-corrected chi connectivity index (χ3v) is 9.05. The Hall–Kier alpha value is -3.52. The monoisotopic (exact) mass is 525 g/mol. The zero-order valence-electron chi connectivity index (χ0n) is 23.6. The average Bonchev–Trinajstić information content (AvgIpc) is 3.43. The maximum Gasteiger partial charge on any atom is 0.253 e. The number of pyridine rings is 1. The predicted molar refractivity (Wildman–Crippen MR) is 156 cm³/mol. The number of aryl methyl sites for hydroxylation is 3. The van der Waals surface area contributed by atoms with E-state index in [1.165, 1.54) is 36.1 Å². The Balaban J connectivity index is 1.41. The first-order chi connectivity index (χ1) is 18.9. The first-order valence-electron chi connectivity index (χ1n) is 14.4. The fraction of sp³-hybridized carbons (Fsp3) is 0.484. The van der Waals surface area contributed by atoms with Gasteiger partial charge < -0.3 is 9.88 Å². The zero-order chi connectivity index (χ0) is 27.1. The van der Waals surface area contributed by atoms with Crippen LogP contribution in [0.2, 0.25) is 0 Å². The summed E-state index contributed by atoms with van der Waals surface area (Å²) in [5.74, 6) is 0.789. The number of rotatable bonds is 5. The van der Waals surface area contributed by atoms with Gasteiger partial charge in [-0.25, -0.2) is 4.68 Å². The molecule has 1 saturated carbocycles. The number of hydrogen-bond acceptors (Lipinski definition) is 6. The fourth-order valence-electron chi connectivity index (χ4n) is 6.56. The molecule has 8 nitrogen and oxygen atoms in total. The molecule has 2 aromatic heterocycles. The second-order valence-electron chi connectivity index (χ2n) is 11.5. The summed E-state index contributed by atoms with van der Waals surface area (Å²) in [6, 6.07) is 12.8. The summed E-state index contributed by atoms with van der Waals surface area (Å²) in [5.41, 5.74) is 7.75. The lowest BCUT2D eigenvalue weighted by atomic mass is 9.94. The van der Waals surface area contributed by atoms with E-state index in [0.717, 1.165) is 72.4 Å². The van der Waals surface area contributed by atoms with Crippen molar-refractivity contribution in [1.29, 1.82) is 0 Å². The van der Waals surface area contributed by atoms with Gasteiger partial charge in [-0.05, 0) is 85.3 Å². The molecule has 4 aromatic rings. The van der Waals surface area contributed by atoms with Gasteiger partial charge in [-0.3, -0.25) is 9.69 Å². The molecule has 1 aliphatic heterocycles. The van der Waals surface area contributed by atoms with Crippen LogP contribution in [0.3, 0.4) is 0 Å². The van der Waals surface area contributed by atoms with Gasteiger partial charge in [0.25, 0.3) is 5.56 Å². The quantitative estimate of drug-likeness (QED) is 0.387. The van der Waals surface area contributed by atoms with Crippen LogP contribution in [0.5, 0.6) is 0 Å². The van der Waals surface area contributed by atoms with Crippen molar-refractivity contribution < 1.29 is 0 Å². The van der Waals surface area contributed by atoms with Crippen LogP contribution in [0.25, 0.3) is 10.9 Å². The van der Waals surface area contributed by atoms with E-state index in [-0.39, 0.29) is 17.6 Å². The van der Waals surface area contributed by atoms with Crippen LogP contribution in [0.1, 0.15) is 77.8 Å². The lowest BCUT2D eigenvalue weighted by Crippen LogP contribution is -2.49. The molecule has 0 bridgehead atoms. The van der Waals surface area contributed by atoms with Crippen LogP contribution in [0.15, 0.2) is 41.2 Å². The summed E-state index contributed by atoms with van der Waals surface area (Å²) >= 11 is 0. The van der Waals surface area contributed by atoms with Crippen LogP contribution in [0, 0.1) is 27.7 Å². The average molecular weight is 526 g/mol. The largest absolute Gasteiger partial charge is 0.369 e. The highest BCUT2D eigenvalue weighted by Gasteiger charge is 2.35. The number of piperazine rings is 1. The van der Waals surface area contributed by atoms with Crippen LogP contribution >= 0.6 is 0 Å². The van der Waals surface area contributed by atoms with E-state index in [1.54, 1.807) is 0 Å². The number of benzene rings is 2. The molecule has 0 radical (unpaired) electrons. The van der Waals surface area contributed by atoms with E-state index >= 15 is 0 Å². The molecule has 39 heavy (non-hydrogen) atoms. The van der Waals surface area contributed by atoms with Gasteiger partial charge >= 0.3 is 0 Å². The number of H-pyrrole nitrogens is 1. The van der Waals surface area contributed by atoms with Gasteiger partial charge in [0, 0.05) is 42.8 Å². The molecule has 1 aliphatic carbocycles. The van der Waals surface area contributed by atoms with E-state index in [1.807, 2.05) is 11.6 Å². The molecule has 204 valence electrons. The SMILES string of the molecule is Cc1cccc(N2CCN(C(c3cc4c(C)ccc(C)c4[nH]c3=O)c3nnnn3C3CCCCC3)CC2)c1C. The molecule has 6 rings (SSSR count). The van der Waals surface area contributed by atoms with Gasteiger partial charge in [-0.1, -0.05) is 43.5 Å². The first-order valence-corrected chi connectivity index (χ1v) is 14.4. The molecular weight excluding hydrogens is 486 g/mol. The van der Waals surface area contributed by atoms with Crippen molar-refractivity contribution in [3.8, 4) is 0 Å². The highest BCUT2D eigenvalue weighted by Crippen LogP contribution is 2.34. The topological polar surface area (TPSA) is 82.9 Å². The molecule has 2 fully saturated rings. The van der Waals surface area contributed by atoms with Crippen molar-refractivity contribution in [2.75, 3.05) is 31.1 Å². The second kappa shape index (κ2) is 10.6. The van der Waals surface area contributed by atoms with Crippen molar-refractivity contribution >= 4 is 16.6 Å². The van der Waals surface area contributed by atoms with E-state index in [0.29, 0.717) is 0 Å². The van der Waals surface area contributed by atoms with Crippen LogP contribution in [0.4, 0.5) is 5.69 Å². The molecule has 0 spiro atoms. The lowest BCUT2D eigenvalue weighted by molar-refractivity contribution is 0.192. The van der Waals surface area contributed by atoms with Crippen molar-refractivity contribution in [3.63, 3.8) is 0 Å². The smallest absolute Gasteiger partial charge is 0.253 e.